The molecule has 1 rings (SSSR count). The van der Waals surface area contributed by atoms with Gasteiger partial charge in [0.2, 0.25) is 0 Å². The van der Waals surface area contributed by atoms with Gasteiger partial charge in [-0.05, 0) is 19.4 Å². The summed E-state index contributed by atoms with van der Waals surface area (Å²) in [4.78, 5) is 22.6. The van der Waals surface area contributed by atoms with E-state index in [9.17, 15) is 9.59 Å². The molecule has 1 aromatic heterocycles. The first-order chi connectivity index (χ1) is 8.25. The minimum Gasteiger partial charge on any atom is -0.481 e. The largest absolute Gasteiger partial charge is 0.481 e. The van der Waals surface area contributed by atoms with Gasteiger partial charge in [-0.2, -0.15) is 5.10 Å². The van der Waals surface area contributed by atoms with Crippen molar-refractivity contribution in [1.29, 1.82) is 0 Å². The van der Waals surface area contributed by atoms with Crippen LogP contribution in [0.1, 0.15) is 45.4 Å². The van der Waals surface area contributed by atoms with Crippen LogP contribution in [0.5, 0.6) is 0 Å². The molecule has 0 saturated carbocycles. The Morgan fingerprint density at radius 1 is 1.44 bits per heavy atom. The van der Waals surface area contributed by atoms with Gasteiger partial charge < -0.3 is 5.11 Å². The number of aliphatic carboxylic acids is 1. The maximum atomic E-state index is 12.0. The van der Waals surface area contributed by atoms with Gasteiger partial charge in [-0.1, -0.05) is 20.8 Å². The molecule has 0 aliphatic heterocycles. The summed E-state index contributed by atoms with van der Waals surface area (Å²) < 4.78 is 1.40. The number of hydrogen-bond donors (Lipinski definition) is 1. The van der Waals surface area contributed by atoms with Gasteiger partial charge in [0.25, 0.3) is 5.56 Å². The van der Waals surface area contributed by atoms with E-state index in [1.54, 1.807) is 6.07 Å². The van der Waals surface area contributed by atoms with E-state index in [0.29, 0.717) is 12.1 Å². The molecule has 0 unspecified atom stereocenters. The first-order valence-electron chi connectivity index (χ1n) is 6.09. The Kier molecular flexibility index (Phi) is 4.27. The molecular formula is C13H20N2O3. The number of carboxylic acids is 1. The van der Waals surface area contributed by atoms with Crippen LogP contribution in [0.3, 0.4) is 0 Å². The lowest BCUT2D eigenvalue weighted by Crippen LogP contribution is -2.30. The molecule has 1 aromatic rings. The maximum Gasteiger partial charge on any atom is 0.303 e. The van der Waals surface area contributed by atoms with Gasteiger partial charge >= 0.3 is 5.97 Å². The standard InChI is InChI=1S/C13H20N2O3/c1-5-15-12(18)9(6-7-11(16)17)8-10(14-15)13(2,3)4/h8H,5-7H2,1-4H3,(H,16,17). The van der Waals surface area contributed by atoms with Crippen LogP contribution in [0.25, 0.3) is 0 Å². The molecule has 100 valence electrons. The number of carbonyl (C=O) groups is 1. The molecule has 0 aliphatic carbocycles. The van der Waals surface area contributed by atoms with Crippen molar-refractivity contribution < 1.29 is 9.90 Å². The molecule has 5 nitrogen and oxygen atoms in total. The van der Waals surface area contributed by atoms with Gasteiger partial charge in [-0.25, -0.2) is 4.68 Å². The molecule has 18 heavy (non-hydrogen) atoms. The summed E-state index contributed by atoms with van der Waals surface area (Å²) in [6.45, 7) is 8.38. The van der Waals surface area contributed by atoms with Crippen LogP contribution in [0.4, 0.5) is 0 Å². The fraction of sp³-hybridized carbons (Fsp3) is 0.615. The van der Waals surface area contributed by atoms with Gasteiger partial charge in [-0.3, -0.25) is 9.59 Å². The van der Waals surface area contributed by atoms with Crippen molar-refractivity contribution in [1.82, 2.24) is 9.78 Å². The van der Waals surface area contributed by atoms with Crippen molar-refractivity contribution in [2.45, 2.75) is 52.5 Å². The number of nitrogens with zero attached hydrogens (tertiary/aromatic N) is 2. The summed E-state index contributed by atoms with van der Waals surface area (Å²) in [5.74, 6) is -0.897. The highest BCUT2D eigenvalue weighted by Crippen LogP contribution is 2.19. The summed E-state index contributed by atoms with van der Waals surface area (Å²) >= 11 is 0. The number of hydrogen-bond acceptors (Lipinski definition) is 3. The van der Waals surface area contributed by atoms with Crippen LogP contribution >= 0.6 is 0 Å². The molecular weight excluding hydrogens is 232 g/mol. The van der Waals surface area contributed by atoms with Crippen LogP contribution in [0.2, 0.25) is 0 Å². The van der Waals surface area contributed by atoms with E-state index in [2.05, 4.69) is 5.10 Å². The number of rotatable bonds is 4. The molecule has 0 aromatic carbocycles. The Labute approximate surface area is 106 Å². The molecule has 0 bridgehead atoms. The van der Waals surface area contributed by atoms with E-state index in [0.717, 1.165) is 5.69 Å². The summed E-state index contributed by atoms with van der Waals surface area (Å²) in [6.07, 6.45) is 0.215. The van der Waals surface area contributed by atoms with Crippen LogP contribution in [-0.2, 0) is 23.2 Å². The second-order valence-corrected chi connectivity index (χ2v) is 5.32. The first kappa shape index (κ1) is 14.4. The third-order valence-corrected chi connectivity index (χ3v) is 2.72. The van der Waals surface area contributed by atoms with E-state index >= 15 is 0 Å². The highest BCUT2D eigenvalue weighted by Gasteiger charge is 2.19. The van der Waals surface area contributed by atoms with Crippen LogP contribution in [0, 0.1) is 0 Å². The average Bonchev–Trinajstić information content (AvgIpc) is 2.26. The third kappa shape index (κ3) is 3.42. The zero-order valence-electron chi connectivity index (χ0n) is 11.4. The zero-order valence-corrected chi connectivity index (χ0v) is 11.4. The Morgan fingerprint density at radius 2 is 2.06 bits per heavy atom. The lowest BCUT2D eigenvalue weighted by Gasteiger charge is -2.19. The highest BCUT2D eigenvalue weighted by molar-refractivity contribution is 5.67. The SMILES string of the molecule is CCn1nc(C(C)(C)C)cc(CCC(=O)O)c1=O. The summed E-state index contributed by atoms with van der Waals surface area (Å²) in [6, 6.07) is 1.73. The fourth-order valence-corrected chi connectivity index (χ4v) is 1.60. The molecule has 1 N–H and O–H groups in total. The van der Waals surface area contributed by atoms with E-state index in [1.165, 1.54) is 4.68 Å². The summed E-state index contributed by atoms with van der Waals surface area (Å²) in [7, 11) is 0. The van der Waals surface area contributed by atoms with Crippen LogP contribution < -0.4 is 5.56 Å². The first-order valence-corrected chi connectivity index (χ1v) is 6.09. The topological polar surface area (TPSA) is 72.2 Å². The number of aryl methyl sites for hydroxylation is 2. The van der Waals surface area contributed by atoms with Crippen molar-refractivity contribution in [2.24, 2.45) is 0 Å². The average molecular weight is 252 g/mol. The van der Waals surface area contributed by atoms with Gasteiger partial charge in [0, 0.05) is 23.9 Å². The predicted molar refractivity (Wildman–Crippen MR) is 68.8 cm³/mol. The quantitative estimate of drug-likeness (QED) is 0.883. The van der Waals surface area contributed by atoms with Crippen LogP contribution in [-0.4, -0.2) is 20.9 Å². The minimum absolute atomic E-state index is 0.0352. The molecule has 0 radical (unpaired) electrons. The second-order valence-electron chi connectivity index (χ2n) is 5.32. The van der Waals surface area contributed by atoms with E-state index in [4.69, 9.17) is 5.11 Å². The van der Waals surface area contributed by atoms with Crippen molar-refractivity contribution in [3.63, 3.8) is 0 Å². The van der Waals surface area contributed by atoms with Crippen molar-refractivity contribution in [2.75, 3.05) is 0 Å². The second kappa shape index (κ2) is 5.33. The summed E-state index contributed by atoms with van der Waals surface area (Å²) in [5.41, 5.74) is 0.984. The van der Waals surface area contributed by atoms with Gasteiger partial charge in [0.15, 0.2) is 0 Å². The predicted octanol–water partition coefficient (Wildman–Crippen LogP) is 1.58. The fourth-order valence-electron chi connectivity index (χ4n) is 1.60. The normalized spacial score (nSPS) is 11.6. The minimum atomic E-state index is -0.897. The lowest BCUT2D eigenvalue weighted by molar-refractivity contribution is -0.136. The summed E-state index contributed by atoms with van der Waals surface area (Å²) in [5, 5.41) is 13.0. The molecule has 0 aliphatic rings. The molecule has 0 fully saturated rings. The van der Waals surface area contributed by atoms with Gasteiger partial charge in [0.1, 0.15) is 0 Å². The zero-order chi connectivity index (χ0) is 13.9. The van der Waals surface area contributed by atoms with Crippen molar-refractivity contribution in [3.8, 4) is 0 Å². The number of carboxylic acid groups (broad SMARTS) is 1. The smallest absolute Gasteiger partial charge is 0.303 e. The van der Waals surface area contributed by atoms with E-state index < -0.39 is 5.97 Å². The molecule has 1 heterocycles. The van der Waals surface area contributed by atoms with Crippen molar-refractivity contribution >= 4 is 5.97 Å². The van der Waals surface area contributed by atoms with E-state index in [1.807, 2.05) is 27.7 Å². The van der Waals surface area contributed by atoms with E-state index in [-0.39, 0.29) is 23.8 Å². The molecule has 5 heteroatoms. The number of aromatic nitrogens is 2. The Hall–Kier alpha value is -1.65. The Bertz CT molecular complexity index is 498. The monoisotopic (exact) mass is 252 g/mol. The molecule has 0 spiro atoms. The third-order valence-electron chi connectivity index (χ3n) is 2.72. The maximum absolute atomic E-state index is 12.0. The van der Waals surface area contributed by atoms with Crippen molar-refractivity contribution in [3.05, 3.63) is 27.7 Å². The van der Waals surface area contributed by atoms with Crippen LogP contribution in [0.15, 0.2) is 10.9 Å². The van der Waals surface area contributed by atoms with Gasteiger partial charge in [-0.15, -0.1) is 0 Å². The molecule has 0 amide bonds. The van der Waals surface area contributed by atoms with Gasteiger partial charge in [0.05, 0.1) is 5.69 Å². The Morgan fingerprint density at radius 3 is 2.50 bits per heavy atom. The molecule has 0 atom stereocenters. The highest BCUT2D eigenvalue weighted by atomic mass is 16.4. The lowest BCUT2D eigenvalue weighted by atomic mass is 9.91. The Balaban J connectivity index is 3.23. The molecule has 0 saturated heterocycles.